The molecule has 108 valence electrons. The van der Waals surface area contributed by atoms with Crippen LogP contribution in [0.4, 0.5) is 5.69 Å². The van der Waals surface area contributed by atoms with Crippen LogP contribution in [0.5, 0.6) is 0 Å². The average molecular weight is 274 g/mol. The predicted octanol–water partition coefficient (Wildman–Crippen LogP) is 2.36. The molecule has 0 atom stereocenters. The number of nitrogens with zero attached hydrogens (tertiary/aromatic N) is 2. The molecule has 2 amide bonds. The summed E-state index contributed by atoms with van der Waals surface area (Å²) in [5.74, 6) is 0.129. The average Bonchev–Trinajstić information content (AvgIpc) is 2.94. The van der Waals surface area contributed by atoms with Gasteiger partial charge in [-0.05, 0) is 31.9 Å². The highest BCUT2D eigenvalue weighted by Crippen LogP contribution is 2.16. The maximum absolute atomic E-state index is 12.0. The summed E-state index contributed by atoms with van der Waals surface area (Å²) in [4.78, 5) is 27.4. The van der Waals surface area contributed by atoms with E-state index in [0.29, 0.717) is 13.0 Å². The molecule has 4 heteroatoms. The molecule has 0 spiro atoms. The van der Waals surface area contributed by atoms with E-state index in [4.69, 9.17) is 0 Å². The van der Waals surface area contributed by atoms with Gasteiger partial charge in [-0.3, -0.25) is 9.59 Å². The number of hydrogen-bond donors (Lipinski definition) is 0. The number of rotatable bonds is 4. The van der Waals surface area contributed by atoms with Crippen molar-refractivity contribution in [3.8, 4) is 0 Å². The van der Waals surface area contributed by atoms with Gasteiger partial charge >= 0.3 is 0 Å². The Morgan fingerprint density at radius 2 is 1.75 bits per heavy atom. The smallest absolute Gasteiger partial charge is 0.224 e. The van der Waals surface area contributed by atoms with Gasteiger partial charge in [0.25, 0.3) is 0 Å². The minimum atomic E-state index is -0.0249. The first-order valence-electron chi connectivity index (χ1n) is 7.20. The number of carbonyl (C=O) groups is 2. The summed E-state index contributed by atoms with van der Waals surface area (Å²) >= 11 is 0. The van der Waals surface area contributed by atoms with Gasteiger partial charge in [0, 0.05) is 38.7 Å². The molecule has 0 unspecified atom stereocenters. The van der Waals surface area contributed by atoms with Crippen molar-refractivity contribution in [2.75, 3.05) is 24.5 Å². The predicted molar refractivity (Wildman–Crippen MR) is 79.6 cm³/mol. The highest BCUT2D eigenvalue weighted by Gasteiger charge is 2.19. The van der Waals surface area contributed by atoms with Gasteiger partial charge in [-0.15, -0.1) is 0 Å². The Kier molecular flexibility index (Phi) is 4.77. The van der Waals surface area contributed by atoms with E-state index in [9.17, 15) is 9.59 Å². The van der Waals surface area contributed by atoms with Crippen molar-refractivity contribution in [3.05, 3.63) is 29.8 Å². The van der Waals surface area contributed by atoms with Crippen molar-refractivity contribution in [2.45, 2.75) is 33.1 Å². The van der Waals surface area contributed by atoms with Gasteiger partial charge in [0.1, 0.15) is 0 Å². The van der Waals surface area contributed by atoms with Crippen LogP contribution in [0, 0.1) is 6.92 Å². The largest absolute Gasteiger partial charge is 0.343 e. The Hall–Kier alpha value is -1.84. The summed E-state index contributed by atoms with van der Waals surface area (Å²) in [6, 6.07) is 7.81. The van der Waals surface area contributed by atoms with E-state index in [-0.39, 0.29) is 11.8 Å². The first-order valence-corrected chi connectivity index (χ1v) is 7.20. The van der Waals surface area contributed by atoms with Gasteiger partial charge in [0.15, 0.2) is 0 Å². The molecule has 0 aliphatic carbocycles. The normalized spacial score (nSPS) is 14.4. The molecule has 1 saturated heterocycles. The Bertz CT molecular complexity index is 476. The summed E-state index contributed by atoms with van der Waals surface area (Å²) in [6.07, 6.45) is 2.59. The topological polar surface area (TPSA) is 40.6 Å². The lowest BCUT2D eigenvalue weighted by Crippen LogP contribution is -2.35. The number of aryl methyl sites for hydroxylation is 1. The van der Waals surface area contributed by atoms with Crippen LogP contribution in [0.3, 0.4) is 0 Å². The molecule has 1 heterocycles. The summed E-state index contributed by atoms with van der Waals surface area (Å²) in [5.41, 5.74) is 2.02. The number of benzene rings is 1. The molecule has 4 nitrogen and oxygen atoms in total. The highest BCUT2D eigenvalue weighted by molar-refractivity contribution is 5.92. The molecular formula is C16H22N2O2. The Balaban J connectivity index is 1.97. The number of likely N-dealkylation sites (tertiary alicyclic amines) is 1. The van der Waals surface area contributed by atoms with Gasteiger partial charge in [0.2, 0.25) is 11.8 Å². The first kappa shape index (κ1) is 14.6. The number of amides is 2. The fourth-order valence-corrected chi connectivity index (χ4v) is 2.53. The van der Waals surface area contributed by atoms with Crippen molar-refractivity contribution >= 4 is 17.5 Å². The van der Waals surface area contributed by atoms with Gasteiger partial charge < -0.3 is 9.80 Å². The lowest BCUT2D eigenvalue weighted by Gasteiger charge is -2.23. The van der Waals surface area contributed by atoms with Crippen LogP contribution in [-0.4, -0.2) is 36.3 Å². The Morgan fingerprint density at radius 1 is 1.15 bits per heavy atom. The molecular weight excluding hydrogens is 252 g/mol. The molecule has 20 heavy (non-hydrogen) atoms. The second-order valence-corrected chi connectivity index (χ2v) is 5.34. The molecule has 0 N–H and O–H groups in total. The molecule has 1 fully saturated rings. The molecule has 0 bridgehead atoms. The van der Waals surface area contributed by atoms with Crippen molar-refractivity contribution < 1.29 is 9.59 Å². The monoisotopic (exact) mass is 274 g/mol. The van der Waals surface area contributed by atoms with Gasteiger partial charge in [-0.1, -0.05) is 17.7 Å². The molecule has 1 aromatic rings. The first-order chi connectivity index (χ1) is 9.58. The second-order valence-electron chi connectivity index (χ2n) is 5.34. The third-order valence-electron chi connectivity index (χ3n) is 3.73. The number of anilines is 1. The zero-order valence-corrected chi connectivity index (χ0v) is 12.3. The van der Waals surface area contributed by atoms with E-state index in [1.165, 1.54) is 0 Å². The lowest BCUT2D eigenvalue weighted by molar-refractivity contribution is -0.129. The maximum atomic E-state index is 12.0. The molecule has 0 radical (unpaired) electrons. The van der Waals surface area contributed by atoms with Crippen molar-refractivity contribution in [3.63, 3.8) is 0 Å². The van der Waals surface area contributed by atoms with E-state index < -0.39 is 0 Å². The van der Waals surface area contributed by atoms with Crippen LogP contribution in [0.15, 0.2) is 24.3 Å². The van der Waals surface area contributed by atoms with Gasteiger partial charge in [0.05, 0.1) is 0 Å². The SMILES string of the molecule is CC(=O)N(CCC(=O)N1CCCC1)c1ccc(C)cc1. The minimum absolute atomic E-state index is 0.0249. The van der Waals surface area contributed by atoms with Crippen LogP contribution in [-0.2, 0) is 9.59 Å². The van der Waals surface area contributed by atoms with Crippen LogP contribution in [0.2, 0.25) is 0 Å². The quantitative estimate of drug-likeness (QED) is 0.845. The van der Waals surface area contributed by atoms with E-state index in [1.807, 2.05) is 36.1 Å². The molecule has 1 aromatic carbocycles. The zero-order chi connectivity index (χ0) is 14.5. The van der Waals surface area contributed by atoms with Gasteiger partial charge in [-0.25, -0.2) is 0 Å². The molecule has 0 saturated carbocycles. The molecule has 0 aromatic heterocycles. The fraction of sp³-hybridized carbons (Fsp3) is 0.500. The minimum Gasteiger partial charge on any atom is -0.343 e. The molecule has 1 aliphatic rings. The van der Waals surface area contributed by atoms with E-state index in [0.717, 1.165) is 37.2 Å². The molecule has 2 rings (SSSR count). The number of carbonyl (C=O) groups excluding carboxylic acids is 2. The van der Waals surface area contributed by atoms with Crippen LogP contribution in [0.1, 0.15) is 31.7 Å². The zero-order valence-electron chi connectivity index (χ0n) is 12.3. The second kappa shape index (κ2) is 6.55. The number of hydrogen-bond acceptors (Lipinski definition) is 2. The third kappa shape index (κ3) is 3.59. The van der Waals surface area contributed by atoms with Crippen LogP contribution >= 0.6 is 0 Å². The maximum Gasteiger partial charge on any atom is 0.224 e. The standard InChI is InChI=1S/C16H22N2O2/c1-13-5-7-15(8-6-13)18(14(2)19)12-9-16(20)17-10-3-4-11-17/h5-8H,3-4,9-12H2,1-2H3. The summed E-state index contributed by atoms with van der Waals surface area (Å²) < 4.78 is 0. The van der Waals surface area contributed by atoms with Crippen molar-refractivity contribution in [1.29, 1.82) is 0 Å². The van der Waals surface area contributed by atoms with Crippen molar-refractivity contribution in [1.82, 2.24) is 4.90 Å². The molecule has 1 aliphatic heterocycles. The Labute approximate surface area is 120 Å². The van der Waals surface area contributed by atoms with E-state index in [1.54, 1.807) is 11.8 Å². The van der Waals surface area contributed by atoms with E-state index in [2.05, 4.69) is 0 Å². The summed E-state index contributed by atoms with van der Waals surface area (Å²) in [7, 11) is 0. The summed E-state index contributed by atoms with van der Waals surface area (Å²) in [5, 5.41) is 0. The van der Waals surface area contributed by atoms with Crippen molar-refractivity contribution in [2.24, 2.45) is 0 Å². The van der Waals surface area contributed by atoms with E-state index >= 15 is 0 Å². The van der Waals surface area contributed by atoms with Crippen LogP contribution < -0.4 is 4.90 Å². The van der Waals surface area contributed by atoms with Gasteiger partial charge in [-0.2, -0.15) is 0 Å². The Morgan fingerprint density at radius 3 is 2.30 bits per heavy atom. The summed E-state index contributed by atoms with van der Waals surface area (Å²) in [6.45, 7) is 5.74. The van der Waals surface area contributed by atoms with Crippen LogP contribution in [0.25, 0.3) is 0 Å². The lowest BCUT2D eigenvalue weighted by atomic mass is 10.2. The highest BCUT2D eigenvalue weighted by atomic mass is 16.2. The fourth-order valence-electron chi connectivity index (χ4n) is 2.53. The third-order valence-corrected chi connectivity index (χ3v) is 3.73.